The largest absolute Gasteiger partial charge is 0.357 e. The molecule has 2 aliphatic carbocycles. The van der Waals surface area contributed by atoms with Gasteiger partial charge in [-0.25, -0.2) is 0 Å². The van der Waals surface area contributed by atoms with Crippen molar-refractivity contribution >= 4 is 11.9 Å². The molecule has 0 spiro atoms. The minimum Gasteiger partial charge on any atom is -0.357 e. The summed E-state index contributed by atoms with van der Waals surface area (Å²) in [6.07, 6.45) is 6.98. The lowest BCUT2D eigenvalue weighted by Crippen LogP contribution is -2.53. The molecule has 0 radical (unpaired) electrons. The summed E-state index contributed by atoms with van der Waals surface area (Å²) in [5.74, 6) is 2.18. The quantitative estimate of drug-likeness (QED) is 0.635. The van der Waals surface area contributed by atoms with Crippen molar-refractivity contribution < 1.29 is 4.79 Å². The number of nitrogens with one attached hydrogen (secondary N) is 1. The number of piperazine rings is 1. The standard InChI is InChI=1S/C17H30N4O/c1-3-18-16(21-11-9-20(10-12-21)14(2)22)19-13-17(7-4-8-17)15-5-6-15/h15H,3-13H2,1-2H3,(H,18,19). The van der Waals surface area contributed by atoms with Crippen molar-refractivity contribution in [1.82, 2.24) is 15.1 Å². The summed E-state index contributed by atoms with van der Waals surface area (Å²) in [5, 5.41) is 3.45. The lowest BCUT2D eigenvalue weighted by atomic mass is 9.65. The number of rotatable bonds is 4. The molecule has 5 heteroatoms. The molecule has 0 atom stereocenters. The number of hydrogen-bond donors (Lipinski definition) is 1. The second kappa shape index (κ2) is 6.47. The van der Waals surface area contributed by atoms with E-state index in [2.05, 4.69) is 17.1 Å². The third-order valence-corrected chi connectivity index (χ3v) is 5.70. The summed E-state index contributed by atoms with van der Waals surface area (Å²) < 4.78 is 0. The molecular formula is C17H30N4O. The van der Waals surface area contributed by atoms with Crippen molar-refractivity contribution in [3.63, 3.8) is 0 Å². The van der Waals surface area contributed by atoms with Crippen LogP contribution in [0.25, 0.3) is 0 Å². The van der Waals surface area contributed by atoms with Gasteiger partial charge >= 0.3 is 0 Å². The van der Waals surface area contributed by atoms with Gasteiger partial charge in [0.05, 0.1) is 0 Å². The molecule has 124 valence electrons. The predicted molar refractivity (Wildman–Crippen MR) is 88.8 cm³/mol. The number of aliphatic imine (C=N–C) groups is 1. The van der Waals surface area contributed by atoms with Crippen LogP contribution in [0.3, 0.4) is 0 Å². The molecule has 22 heavy (non-hydrogen) atoms. The molecule has 1 N–H and O–H groups in total. The zero-order valence-electron chi connectivity index (χ0n) is 14.1. The maximum Gasteiger partial charge on any atom is 0.219 e. The topological polar surface area (TPSA) is 47.9 Å². The van der Waals surface area contributed by atoms with E-state index in [1.54, 1.807) is 6.92 Å². The Labute approximate surface area is 134 Å². The third kappa shape index (κ3) is 3.23. The number of carbonyl (C=O) groups excluding carboxylic acids is 1. The van der Waals surface area contributed by atoms with Crippen molar-refractivity contribution in [2.24, 2.45) is 16.3 Å². The fourth-order valence-corrected chi connectivity index (χ4v) is 3.91. The van der Waals surface area contributed by atoms with Gasteiger partial charge in [-0.05, 0) is 43.9 Å². The Bertz CT molecular complexity index is 432. The number of amides is 1. The van der Waals surface area contributed by atoms with Crippen molar-refractivity contribution in [2.45, 2.75) is 46.0 Å². The molecule has 3 rings (SSSR count). The van der Waals surface area contributed by atoms with Crippen molar-refractivity contribution in [3.8, 4) is 0 Å². The zero-order valence-corrected chi connectivity index (χ0v) is 14.1. The summed E-state index contributed by atoms with van der Waals surface area (Å²) in [7, 11) is 0. The van der Waals surface area contributed by atoms with Gasteiger partial charge in [-0.3, -0.25) is 9.79 Å². The first-order valence-corrected chi connectivity index (χ1v) is 8.93. The van der Waals surface area contributed by atoms with E-state index in [-0.39, 0.29) is 5.91 Å². The highest BCUT2D eigenvalue weighted by Gasteiger charge is 2.48. The first kappa shape index (κ1) is 15.6. The van der Waals surface area contributed by atoms with Gasteiger partial charge in [-0.1, -0.05) is 6.42 Å². The minimum atomic E-state index is 0.184. The maximum atomic E-state index is 11.4. The van der Waals surface area contributed by atoms with Gasteiger partial charge in [0.25, 0.3) is 0 Å². The van der Waals surface area contributed by atoms with Crippen LogP contribution < -0.4 is 5.32 Å². The second-order valence-corrected chi connectivity index (χ2v) is 7.15. The SMILES string of the molecule is CCNC(=NCC1(C2CC2)CCC1)N1CCN(C(C)=O)CC1. The van der Waals surface area contributed by atoms with Crippen LogP contribution in [-0.2, 0) is 4.79 Å². The van der Waals surface area contributed by atoms with E-state index in [0.29, 0.717) is 5.41 Å². The number of carbonyl (C=O) groups is 1. The molecule has 2 saturated carbocycles. The van der Waals surface area contributed by atoms with Gasteiger partial charge in [0.2, 0.25) is 5.91 Å². The molecule has 1 heterocycles. The smallest absolute Gasteiger partial charge is 0.219 e. The summed E-state index contributed by atoms with van der Waals surface area (Å²) in [5.41, 5.74) is 0.530. The van der Waals surface area contributed by atoms with Gasteiger partial charge in [-0.15, -0.1) is 0 Å². The van der Waals surface area contributed by atoms with Gasteiger partial charge in [0.15, 0.2) is 5.96 Å². The summed E-state index contributed by atoms with van der Waals surface area (Å²) in [4.78, 5) is 20.7. The molecule has 1 amide bonds. The van der Waals surface area contributed by atoms with E-state index in [4.69, 9.17) is 4.99 Å². The van der Waals surface area contributed by atoms with E-state index in [0.717, 1.165) is 51.1 Å². The Morgan fingerprint density at radius 1 is 1.18 bits per heavy atom. The average molecular weight is 306 g/mol. The highest BCUT2D eigenvalue weighted by molar-refractivity contribution is 5.80. The minimum absolute atomic E-state index is 0.184. The van der Waals surface area contributed by atoms with Crippen LogP contribution in [0.1, 0.15) is 46.0 Å². The van der Waals surface area contributed by atoms with Crippen LogP contribution in [0.4, 0.5) is 0 Å². The van der Waals surface area contributed by atoms with Gasteiger partial charge in [-0.2, -0.15) is 0 Å². The Balaban J connectivity index is 1.60. The molecule has 0 aromatic heterocycles. The maximum absolute atomic E-state index is 11.4. The third-order valence-electron chi connectivity index (χ3n) is 5.70. The second-order valence-electron chi connectivity index (χ2n) is 7.15. The lowest BCUT2D eigenvalue weighted by molar-refractivity contribution is -0.130. The fraction of sp³-hybridized carbons (Fsp3) is 0.882. The van der Waals surface area contributed by atoms with Gasteiger partial charge < -0.3 is 15.1 Å². The average Bonchev–Trinajstić information content (AvgIpc) is 3.30. The highest BCUT2D eigenvalue weighted by Crippen LogP contribution is 2.57. The molecule has 3 fully saturated rings. The van der Waals surface area contributed by atoms with Crippen LogP contribution in [0.5, 0.6) is 0 Å². The number of nitrogens with zero attached hydrogens (tertiary/aromatic N) is 3. The van der Waals surface area contributed by atoms with E-state index in [9.17, 15) is 4.79 Å². The molecule has 1 saturated heterocycles. The zero-order chi connectivity index (χ0) is 15.6. The Morgan fingerprint density at radius 2 is 1.82 bits per heavy atom. The van der Waals surface area contributed by atoms with Crippen molar-refractivity contribution in [1.29, 1.82) is 0 Å². The molecule has 1 aliphatic heterocycles. The van der Waals surface area contributed by atoms with Crippen LogP contribution in [-0.4, -0.2) is 60.9 Å². The van der Waals surface area contributed by atoms with Gasteiger partial charge in [0, 0.05) is 46.2 Å². The van der Waals surface area contributed by atoms with E-state index in [1.807, 2.05) is 4.90 Å². The molecule has 3 aliphatic rings. The Kier molecular flexibility index (Phi) is 4.59. The fourth-order valence-electron chi connectivity index (χ4n) is 3.91. The molecule has 0 bridgehead atoms. The highest BCUT2D eigenvalue weighted by atomic mass is 16.2. The summed E-state index contributed by atoms with van der Waals surface area (Å²) in [6.45, 7) is 9.09. The van der Waals surface area contributed by atoms with Crippen LogP contribution in [0.2, 0.25) is 0 Å². The molecule has 0 aromatic rings. The van der Waals surface area contributed by atoms with Crippen LogP contribution in [0.15, 0.2) is 4.99 Å². The first-order valence-electron chi connectivity index (χ1n) is 8.93. The lowest BCUT2D eigenvalue weighted by Gasteiger charge is -2.42. The van der Waals surface area contributed by atoms with Gasteiger partial charge in [0.1, 0.15) is 0 Å². The summed E-state index contributed by atoms with van der Waals surface area (Å²) >= 11 is 0. The molecule has 0 aromatic carbocycles. The van der Waals surface area contributed by atoms with E-state index in [1.165, 1.54) is 32.1 Å². The van der Waals surface area contributed by atoms with Crippen molar-refractivity contribution in [2.75, 3.05) is 39.3 Å². The Hall–Kier alpha value is -1.26. The predicted octanol–water partition coefficient (Wildman–Crippen LogP) is 1.70. The van der Waals surface area contributed by atoms with Crippen molar-refractivity contribution in [3.05, 3.63) is 0 Å². The number of hydrogen-bond acceptors (Lipinski definition) is 2. The molecule has 5 nitrogen and oxygen atoms in total. The summed E-state index contributed by atoms with van der Waals surface area (Å²) in [6, 6.07) is 0. The Morgan fingerprint density at radius 3 is 2.27 bits per heavy atom. The molecule has 0 unspecified atom stereocenters. The first-order chi connectivity index (χ1) is 10.6. The van der Waals surface area contributed by atoms with E-state index >= 15 is 0 Å². The van der Waals surface area contributed by atoms with Crippen LogP contribution >= 0.6 is 0 Å². The normalized spacial score (nSPS) is 24.9. The monoisotopic (exact) mass is 306 g/mol. The van der Waals surface area contributed by atoms with Crippen LogP contribution in [0, 0.1) is 11.3 Å². The molecular weight excluding hydrogens is 276 g/mol. The van der Waals surface area contributed by atoms with E-state index < -0.39 is 0 Å². The number of guanidine groups is 1.